The third-order valence-electron chi connectivity index (χ3n) is 2.50. The molecule has 1 aromatic heterocycles. The van der Waals surface area contributed by atoms with Crippen LogP contribution in [-0.4, -0.2) is 5.11 Å². The second kappa shape index (κ2) is 5.19. The number of halogens is 1. The number of aliphatic hydroxyl groups is 1. The first-order valence-corrected chi connectivity index (χ1v) is 5.59. The van der Waals surface area contributed by atoms with Gasteiger partial charge in [0.25, 0.3) is 0 Å². The molecule has 1 atom stereocenters. The molecule has 0 aliphatic carbocycles. The van der Waals surface area contributed by atoms with Crippen LogP contribution in [0.1, 0.15) is 23.8 Å². The zero-order valence-corrected chi connectivity index (χ0v) is 9.52. The van der Waals surface area contributed by atoms with Crippen molar-refractivity contribution >= 4 is 11.6 Å². The number of aliphatic hydroxyl groups excluding tert-OH is 1. The van der Waals surface area contributed by atoms with E-state index < -0.39 is 6.10 Å². The first-order valence-electron chi connectivity index (χ1n) is 5.21. The highest BCUT2D eigenvalue weighted by Gasteiger charge is 2.08. The molecule has 0 spiro atoms. The Morgan fingerprint density at radius 2 is 1.94 bits per heavy atom. The molecule has 0 amide bonds. The molecular weight excluding hydrogens is 224 g/mol. The smallest absolute Gasteiger partial charge is 0.103 e. The minimum atomic E-state index is -0.470. The maximum Gasteiger partial charge on any atom is 0.103 e. The lowest BCUT2D eigenvalue weighted by Crippen LogP contribution is -1.98. The van der Waals surface area contributed by atoms with Crippen LogP contribution in [0.25, 0.3) is 0 Å². The molecule has 2 rings (SSSR count). The highest BCUT2D eigenvalue weighted by Crippen LogP contribution is 2.20. The van der Waals surface area contributed by atoms with E-state index in [-0.39, 0.29) is 0 Å². The molecule has 2 nitrogen and oxygen atoms in total. The number of hydrogen-bond acceptors (Lipinski definition) is 2. The number of furan rings is 1. The molecule has 0 aliphatic rings. The van der Waals surface area contributed by atoms with Crippen LogP contribution in [0.15, 0.2) is 47.1 Å². The van der Waals surface area contributed by atoms with Gasteiger partial charge in [0.2, 0.25) is 0 Å². The third-order valence-corrected chi connectivity index (χ3v) is 2.75. The first-order chi connectivity index (χ1) is 7.75. The molecule has 1 unspecified atom stereocenters. The van der Waals surface area contributed by atoms with Crippen molar-refractivity contribution in [2.45, 2.75) is 18.9 Å². The van der Waals surface area contributed by atoms with Gasteiger partial charge < -0.3 is 9.52 Å². The summed E-state index contributed by atoms with van der Waals surface area (Å²) in [4.78, 5) is 0. The minimum Gasteiger partial charge on any atom is -0.469 e. The molecule has 0 radical (unpaired) electrons. The predicted molar refractivity (Wildman–Crippen MR) is 63.4 cm³/mol. The van der Waals surface area contributed by atoms with E-state index in [0.717, 1.165) is 17.7 Å². The summed E-state index contributed by atoms with van der Waals surface area (Å²) in [7, 11) is 0. The van der Waals surface area contributed by atoms with Crippen molar-refractivity contribution in [2.24, 2.45) is 0 Å². The SMILES string of the molecule is OC(CCc1ccco1)c1ccc(Cl)cc1. The van der Waals surface area contributed by atoms with Gasteiger partial charge in [0.1, 0.15) is 5.76 Å². The normalized spacial score (nSPS) is 12.6. The van der Waals surface area contributed by atoms with Crippen LogP contribution in [0.5, 0.6) is 0 Å². The van der Waals surface area contributed by atoms with E-state index in [0.29, 0.717) is 11.4 Å². The lowest BCUT2D eigenvalue weighted by Gasteiger charge is -2.09. The zero-order valence-electron chi connectivity index (χ0n) is 8.77. The molecule has 0 bridgehead atoms. The molecule has 2 aromatic rings. The van der Waals surface area contributed by atoms with Crippen molar-refractivity contribution in [1.82, 2.24) is 0 Å². The Kier molecular flexibility index (Phi) is 3.65. The predicted octanol–water partition coefficient (Wildman–Crippen LogP) is 3.60. The average molecular weight is 237 g/mol. The summed E-state index contributed by atoms with van der Waals surface area (Å²) < 4.78 is 5.21. The Morgan fingerprint density at radius 1 is 1.19 bits per heavy atom. The first kappa shape index (κ1) is 11.2. The van der Waals surface area contributed by atoms with Crippen molar-refractivity contribution in [3.63, 3.8) is 0 Å². The van der Waals surface area contributed by atoms with Crippen molar-refractivity contribution < 1.29 is 9.52 Å². The van der Waals surface area contributed by atoms with Gasteiger partial charge >= 0.3 is 0 Å². The molecule has 1 N–H and O–H groups in total. The Morgan fingerprint density at radius 3 is 2.56 bits per heavy atom. The summed E-state index contributed by atoms with van der Waals surface area (Å²) in [5.74, 6) is 0.896. The second-order valence-corrected chi connectivity index (χ2v) is 4.12. The van der Waals surface area contributed by atoms with Crippen LogP contribution in [0.2, 0.25) is 5.02 Å². The maximum absolute atomic E-state index is 9.93. The van der Waals surface area contributed by atoms with Gasteiger partial charge in [-0.15, -0.1) is 0 Å². The van der Waals surface area contributed by atoms with Crippen molar-refractivity contribution in [1.29, 1.82) is 0 Å². The average Bonchev–Trinajstić information content (AvgIpc) is 2.80. The van der Waals surface area contributed by atoms with Gasteiger partial charge in [0.15, 0.2) is 0 Å². The molecule has 0 fully saturated rings. The van der Waals surface area contributed by atoms with Crippen LogP contribution in [0.4, 0.5) is 0 Å². The lowest BCUT2D eigenvalue weighted by atomic mass is 10.0. The van der Waals surface area contributed by atoms with E-state index in [2.05, 4.69) is 0 Å². The third kappa shape index (κ3) is 2.87. The number of rotatable bonds is 4. The van der Waals surface area contributed by atoms with E-state index in [1.807, 2.05) is 24.3 Å². The highest BCUT2D eigenvalue weighted by atomic mass is 35.5. The van der Waals surface area contributed by atoms with Gasteiger partial charge in [-0.3, -0.25) is 0 Å². The highest BCUT2D eigenvalue weighted by molar-refractivity contribution is 6.30. The molecular formula is C13H13ClO2. The van der Waals surface area contributed by atoms with Crippen LogP contribution in [0, 0.1) is 0 Å². The number of aryl methyl sites for hydroxylation is 1. The van der Waals surface area contributed by atoms with E-state index >= 15 is 0 Å². The topological polar surface area (TPSA) is 33.4 Å². The lowest BCUT2D eigenvalue weighted by molar-refractivity contribution is 0.165. The van der Waals surface area contributed by atoms with Gasteiger partial charge in [-0.1, -0.05) is 23.7 Å². The summed E-state index contributed by atoms with van der Waals surface area (Å²) in [6, 6.07) is 11.0. The van der Waals surface area contributed by atoms with Crippen LogP contribution >= 0.6 is 11.6 Å². The standard InChI is InChI=1S/C13H13ClO2/c14-11-5-3-10(4-6-11)13(15)8-7-12-2-1-9-16-12/h1-6,9,13,15H,7-8H2. The maximum atomic E-state index is 9.93. The van der Waals surface area contributed by atoms with Crippen LogP contribution in [0.3, 0.4) is 0 Å². The van der Waals surface area contributed by atoms with Crippen molar-refractivity contribution in [3.8, 4) is 0 Å². The molecule has 0 aliphatic heterocycles. The summed E-state index contributed by atoms with van der Waals surface area (Å²) in [5.41, 5.74) is 0.885. The van der Waals surface area contributed by atoms with Crippen molar-refractivity contribution in [3.05, 3.63) is 59.0 Å². The Balaban J connectivity index is 1.93. The van der Waals surface area contributed by atoms with Gasteiger partial charge in [0.05, 0.1) is 12.4 Å². The molecule has 0 saturated heterocycles. The largest absolute Gasteiger partial charge is 0.469 e. The fourth-order valence-corrected chi connectivity index (χ4v) is 1.71. The second-order valence-electron chi connectivity index (χ2n) is 3.69. The monoisotopic (exact) mass is 236 g/mol. The molecule has 0 saturated carbocycles. The number of benzene rings is 1. The molecule has 16 heavy (non-hydrogen) atoms. The summed E-state index contributed by atoms with van der Waals surface area (Å²) in [5, 5.41) is 10.6. The molecule has 1 heterocycles. The molecule has 3 heteroatoms. The van der Waals surface area contributed by atoms with E-state index in [9.17, 15) is 5.11 Å². The Labute approximate surface area is 99.5 Å². The van der Waals surface area contributed by atoms with Crippen molar-refractivity contribution in [2.75, 3.05) is 0 Å². The van der Waals surface area contributed by atoms with Crippen LogP contribution in [-0.2, 0) is 6.42 Å². The van der Waals surface area contributed by atoms with E-state index in [4.69, 9.17) is 16.0 Å². The summed E-state index contributed by atoms with van der Waals surface area (Å²) in [6.45, 7) is 0. The van der Waals surface area contributed by atoms with Crippen LogP contribution < -0.4 is 0 Å². The summed E-state index contributed by atoms with van der Waals surface area (Å²) >= 11 is 5.78. The van der Waals surface area contributed by atoms with E-state index in [1.165, 1.54) is 0 Å². The Hall–Kier alpha value is -1.25. The summed E-state index contributed by atoms with van der Waals surface area (Å²) in [6.07, 6.45) is 2.55. The van der Waals surface area contributed by atoms with Gasteiger partial charge in [-0.25, -0.2) is 0 Å². The minimum absolute atomic E-state index is 0.470. The van der Waals surface area contributed by atoms with Gasteiger partial charge in [0, 0.05) is 11.4 Å². The van der Waals surface area contributed by atoms with Gasteiger partial charge in [-0.2, -0.15) is 0 Å². The number of hydrogen-bond donors (Lipinski definition) is 1. The fraction of sp³-hybridized carbons (Fsp3) is 0.231. The van der Waals surface area contributed by atoms with Gasteiger partial charge in [-0.05, 0) is 36.2 Å². The Bertz CT molecular complexity index is 420. The zero-order chi connectivity index (χ0) is 11.4. The quantitative estimate of drug-likeness (QED) is 0.880. The fourth-order valence-electron chi connectivity index (χ4n) is 1.59. The van der Waals surface area contributed by atoms with E-state index in [1.54, 1.807) is 18.4 Å². The molecule has 84 valence electrons. The molecule has 1 aromatic carbocycles.